The molecule has 1 atom stereocenters. The molecule has 1 aromatic carbocycles. The SMILES string of the molecule is COc1ccc([C@H](N)C(C)(C)C)cc1OC.Cl. The molecule has 0 bridgehead atoms. The summed E-state index contributed by atoms with van der Waals surface area (Å²) in [6.45, 7) is 6.36. The van der Waals surface area contributed by atoms with Crippen LogP contribution in [0.25, 0.3) is 0 Å². The number of hydrogen-bond donors (Lipinski definition) is 1. The molecular formula is C13H22ClNO2. The summed E-state index contributed by atoms with van der Waals surface area (Å²) < 4.78 is 10.4. The second-order valence-electron chi connectivity index (χ2n) is 4.96. The molecule has 0 saturated heterocycles. The van der Waals surface area contributed by atoms with Crippen LogP contribution in [0, 0.1) is 5.41 Å². The zero-order chi connectivity index (χ0) is 12.3. The van der Waals surface area contributed by atoms with E-state index in [0.29, 0.717) is 0 Å². The van der Waals surface area contributed by atoms with Crippen LogP contribution in [-0.2, 0) is 0 Å². The van der Waals surface area contributed by atoms with Gasteiger partial charge in [-0.25, -0.2) is 0 Å². The fraction of sp³-hybridized carbons (Fsp3) is 0.538. The lowest BCUT2D eigenvalue weighted by Gasteiger charge is -2.27. The van der Waals surface area contributed by atoms with E-state index in [1.807, 2.05) is 18.2 Å². The van der Waals surface area contributed by atoms with Crippen LogP contribution < -0.4 is 15.2 Å². The highest BCUT2D eigenvalue weighted by Crippen LogP contribution is 2.35. The van der Waals surface area contributed by atoms with Crippen LogP contribution in [0.1, 0.15) is 32.4 Å². The van der Waals surface area contributed by atoms with Gasteiger partial charge in [0.05, 0.1) is 14.2 Å². The van der Waals surface area contributed by atoms with Gasteiger partial charge < -0.3 is 15.2 Å². The molecule has 0 aliphatic carbocycles. The monoisotopic (exact) mass is 259 g/mol. The average molecular weight is 260 g/mol. The maximum absolute atomic E-state index is 6.19. The minimum atomic E-state index is -0.0210. The van der Waals surface area contributed by atoms with Crippen LogP contribution in [0.15, 0.2) is 18.2 Å². The maximum atomic E-state index is 6.19. The van der Waals surface area contributed by atoms with Crippen LogP contribution in [-0.4, -0.2) is 14.2 Å². The van der Waals surface area contributed by atoms with Crippen molar-refractivity contribution in [2.75, 3.05) is 14.2 Å². The van der Waals surface area contributed by atoms with Gasteiger partial charge in [0.15, 0.2) is 11.5 Å². The van der Waals surface area contributed by atoms with Crippen molar-refractivity contribution >= 4 is 12.4 Å². The Morgan fingerprint density at radius 2 is 1.59 bits per heavy atom. The lowest BCUT2D eigenvalue weighted by molar-refractivity contribution is 0.322. The molecule has 0 spiro atoms. The predicted molar refractivity (Wildman–Crippen MR) is 73.2 cm³/mol. The van der Waals surface area contributed by atoms with Crippen LogP contribution in [0.4, 0.5) is 0 Å². The number of benzene rings is 1. The molecular weight excluding hydrogens is 238 g/mol. The highest BCUT2D eigenvalue weighted by Gasteiger charge is 2.23. The first-order chi connectivity index (χ1) is 7.40. The molecule has 0 aromatic heterocycles. The maximum Gasteiger partial charge on any atom is 0.161 e. The molecule has 2 N–H and O–H groups in total. The van der Waals surface area contributed by atoms with Gasteiger partial charge in [0.1, 0.15) is 0 Å². The molecule has 98 valence electrons. The van der Waals surface area contributed by atoms with E-state index in [-0.39, 0.29) is 23.9 Å². The summed E-state index contributed by atoms with van der Waals surface area (Å²) >= 11 is 0. The fourth-order valence-electron chi connectivity index (χ4n) is 1.55. The highest BCUT2D eigenvalue weighted by molar-refractivity contribution is 5.85. The van der Waals surface area contributed by atoms with Gasteiger partial charge in [0, 0.05) is 6.04 Å². The third kappa shape index (κ3) is 3.79. The zero-order valence-corrected chi connectivity index (χ0v) is 11.9. The van der Waals surface area contributed by atoms with Crippen molar-refractivity contribution in [3.63, 3.8) is 0 Å². The molecule has 0 saturated carbocycles. The van der Waals surface area contributed by atoms with Crippen molar-refractivity contribution in [1.82, 2.24) is 0 Å². The van der Waals surface area contributed by atoms with Gasteiger partial charge in [-0.1, -0.05) is 26.8 Å². The van der Waals surface area contributed by atoms with Crippen molar-refractivity contribution in [2.24, 2.45) is 11.1 Å². The smallest absolute Gasteiger partial charge is 0.161 e. The van der Waals surface area contributed by atoms with Gasteiger partial charge in [-0.15, -0.1) is 12.4 Å². The van der Waals surface area contributed by atoms with E-state index < -0.39 is 0 Å². The molecule has 1 aromatic rings. The number of rotatable bonds is 3. The van der Waals surface area contributed by atoms with Crippen LogP contribution in [0.2, 0.25) is 0 Å². The van der Waals surface area contributed by atoms with Crippen LogP contribution in [0.5, 0.6) is 11.5 Å². The van der Waals surface area contributed by atoms with Gasteiger partial charge in [-0.05, 0) is 23.1 Å². The second-order valence-corrected chi connectivity index (χ2v) is 4.96. The molecule has 0 unspecified atom stereocenters. The summed E-state index contributed by atoms with van der Waals surface area (Å²) in [6, 6.07) is 5.79. The number of hydrogen-bond acceptors (Lipinski definition) is 3. The first-order valence-corrected chi connectivity index (χ1v) is 5.37. The first kappa shape index (κ1) is 16.1. The number of ether oxygens (including phenoxy) is 2. The second kappa shape index (κ2) is 6.12. The third-order valence-corrected chi connectivity index (χ3v) is 2.70. The summed E-state index contributed by atoms with van der Waals surface area (Å²) in [5, 5.41) is 0. The predicted octanol–water partition coefficient (Wildman–Crippen LogP) is 3.17. The number of methoxy groups -OCH3 is 2. The summed E-state index contributed by atoms with van der Waals surface area (Å²) in [5.41, 5.74) is 7.28. The first-order valence-electron chi connectivity index (χ1n) is 5.37. The molecule has 0 heterocycles. The van der Waals surface area contributed by atoms with E-state index in [1.165, 1.54) is 0 Å². The van der Waals surface area contributed by atoms with Gasteiger partial charge in [0.2, 0.25) is 0 Å². The van der Waals surface area contributed by atoms with Gasteiger partial charge in [-0.2, -0.15) is 0 Å². The lowest BCUT2D eigenvalue weighted by Crippen LogP contribution is -2.26. The quantitative estimate of drug-likeness (QED) is 0.907. The van der Waals surface area contributed by atoms with E-state index in [0.717, 1.165) is 17.1 Å². The molecule has 1 rings (SSSR count). The molecule has 0 aliphatic heterocycles. The Balaban J connectivity index is 0.00000256. The molecule has 4 heteroatoms. The minimum absolute atomic E-state index is 0. The molecule has 0 radical (unpaired) electrons. The fourth-order valence-corrected chi connectivity index (χ4v) is 1.55. The molecule has 0 aliphatic rings. The van der Waals surface area contributed by atoms with Crippen molar-refractivity contribution in [3.8, 4) is 11.5 Å². The van der Waals surface area contributed by atoms with Crippen LogP contribution in [0.3, 0.4) is 0 Å². The van der Waals surface area contributed by atoms with Gasteiger partial charge >= 0.3 is 0 Å². The normalized spacial score (nSPS) is 12.6. The molecule has 3 nitrogen and oxygen atoms in total. The Hall–Kier alpha value is -0.930. The summed E-state index contributed by atoms with van der Waals surface area (Å²) in [4.78, 5) is 0. The Kier molecular flexibility index (Phi) is 5.79. The molecule has 0 amide bonds. The van der Waals surface area contributed by atoms with E-state index in [1.54, 1.807) is 14.2 Å². The van der Waals surface area contributed by atoms with E-state index in [4.69, 9.17) is 15.2 Å². The topological polar surface area (TPSA) is 44.5 Å². The number of halogens is 1. The Labute approximate surface area is 110 Å². The summed E-state index contributed by atoms with van der Waals surface area (Å²) in [5.74, 6) is 1.45. The van der Waals surface area contributed by atoms with Crippen LogP contribution >= 0.6 is 12.4 Å². The molecule has 17 heavy (non-hydrogen) atoms. The van der Waals surface area contributed by atoms with Crippen molar-refractivity contribution in [3.05, 3.63) is 23.8 Å². The van der Waals surface area contributed by atoms with E-state index in [9.17, 15) is 0 Å². The van der Waals surface area contributed by atoms with E-state index in [2.05, 4.69) is 20.8 Å². The minimum Gasteiger partial charge on any atom is -0.493 e. The lowest BCUT2D eigenvalue weighted by atomic mass is 9.83. The largest absolute Gasteiger partial charge is 0.493 e. The Morgan fingerprint density at radius 3 is 2.00 bits per heavy atom. The standard InChI is InChI=1S/C13H21NO2.ClH/c1-13(2,3)12(14)9-6-7-10(15-4)11(8-9)16-5;/h6-8,12H,14H2,1-5H3;1H/t12-;/m0./s1. The number of nitrogens with two attached hydrogens (primary N) is 1. The highest BCUT2D eigenvalue weighted by atomic mass is 35.5. The molecule has 0 fully saturated rings. The summed E-state index contributed by atoms with van der Waals surface area (Å²) in [6.07, 6.45) is 0. The van der Waals surface area contributed by atoms with Gasteiger partial charge in [0.25, 0.3) is 0 Å². The Bertz CT molecular complexity index is 361. The van der Waals surface area contributed by atoms with Crippen molar-refractivity contribution in [2.45, 2.75) is 26.8 Å². The Morgan fingerprint density at radius 1 is 1.06 bits per heavy atom. The van der Waals surface area contributed by atoms with Gasteiger partial charge in [-0.3, -0.25) is 0 Å². The summed E-state index contributed by atoms with van der Waals surface area (Å²) in [7, 11) is 3.26. The van der Waals surface area contributed by atoms with E-state index >= 15 is 0 Å². The third-order valence-electron chi connectivity index (χ3n) is 2.70. The van der Waals surface area contributed by atoms with Crippen molar-refractivity contribution < 1.29 is 9.47 Å². The zero-order valence-electron chi connectivity index (χ0n) is 11.1. The average Bonchev–Trinajstić information content (AvgIpc) is 2.25. The van der Waals surface area contributed by atoms with Crippen molar-refractivity contribution in [1.29, 1.82) is 0 Å².